The molecule has 1 aromatic heterocycles. The topological polar surface area (TPSA) is 87.0 Å². The number of aromatic nitrogens is 1. The fourth-order valence-electron chi connectivity index (χ4n) is 3.85. The van der Waals surface area contributed by atoms with Gasteiger partial charge in [0.25, 0.3) is 5.91 Å². The zero-order chi connectivity index (χ0) is 23.1. The molecule has 0 aliphatic carbocycles. The van der Waals surface area contributed by atoms with Crippen molar-refractivity contribution in [2.24, 2.45) is 15.8 Å². The Morgan fingerprint density at radius 3 is 2.52 bits per heavy atom. The van der Waals surface area contributed by atoms with Crippen LogP contribution < -0.4 is 10.4 Å². The number of amidine groups is 1. The fraction of sp³-hybridized carbons (Fsp3) is 0.609. The molecule has 2 aliphatic heterocycles. The molecule has 3 rings (SSSR count). The van der Waals surface area contributed by atoms with Gasteiger partial charge in [0, 0.05) is 12.7 Å². The lowest BCUT2D eigenvalue weighted by molar-refractivity contribution is -0.128. The molecule has 0 saturated carbocycles. The van der Waals surface area contributed by atoms with Gasteiger partial charge >= 0.3 is 0 Å². The van der Waals surface area contributed by atoms with Gasteiger partial charge in [-0.1, -0.05) is 41.5 Å². The Balaban J connectivity index is 2.04. The van der Waals surface area contributed by atoms with Crippen molar-refractivity contribution in [3.63, 3.8) is 0 Å². The monoisotopic (exact) mass is 446 g/mol. The molecule has 0 bridgehead atoms. The Labute approximate surface area is 186 Å². The highest BCUT2D eigenvalue weighted by atomic mass is 31.2. The zero-order valence-corrected chi connectivity index (χ0v) is 20.8. The Kier molecular flexibility index (Phi) is 6.50. The van der Waals surface area contributed by atoms with Gasteiger partial charge in [0.05, 0.1) is 18.0 Å². The summed E-state index contributed by atoms with van der Waals surface area (Å²) in [5.74, 6) is 0.750. The molecule has 2 N–H and O–H groups in total. The maximum atomic E-state index is 13.6. The minimum Gasteiger partial charge on any atom is -0.509 e. The molecular weight excluding hydrogens is 411 g/mol. The summed E-state index contributed by atoms with van der Waals surface area (Å²) in [6.07, 6.45) is 2.59. The molecule has 0 spiro atoms. The Bertz CT molecular complexity index is 928. The van der Waals surface area contributed by atoms with Crippen LogP contribution in [0.2, 0.25) is 0 Å². The van der Waals surface area contributed by atoms with E-state index in [1.165, 1.54) is 0 Å². The molecule has 0 fully saturated rings. The molecule has 1 amide bonds. The Hall–Kier alpha value is -1.98. The van der Waals surface area contributed by atoms with Crippen molar-refractivity contribution in [2.75, 3.05) is 13.2 Å². The summed E-state index contributed by atoms with van der Waals surface area (Å²) in [6, 6.07) is 1.60. The lowest BCUT2D eigenvalue weighted by Gasteiger charge is -2.36. The molecule has 1 aromatic rings. The van der Waals surface area contributed by atoms with Crippen molar-refractivity contribution in [1.29, 1.82) is 0 Å². The minimum absolute atomic E-state index is 0.0691. The van der Waals surface area contributed by atoms with Gasteiger partial charge in [0.1, 0.15) is 17.2 Å². The second-order valence-corrected chi connectivity index (χ2v) is 12.0. The molecule has 2 aliphatic rings. The third-order valence-corrected chi connectivity index (χ3v) is 7.05. The second-order valence-electron chi connectivity index (χ2n) is 10.5. The molecule has 0 saturated heterocycles. The van der Waals surface area contributed by atoms with Crippen LogP contribution in [0, 0.1) is 17.8 Å². The Morgan fingerprint density at radius 1 is 1.26 bits per heavy atom. The number of hydrogen-bond acceptors (Lipinski definition) is 6. The van der Waals surface area contributed by atoms with E-state index in [1.807, 2.05) is 40.7 Å². The second kappa shape index (κ2) is 8.51. The molecule has 2 atom stereocenters. The summed E-state index contributed by atoms with van der Waals surface area (Å²) in [7, 11) is -1.24. The number of carbonyl (C=O) groups is 1. The highest BCUT2D eigenvalue weighted by molar-refractivity contribution is 7.60. The number of pyridine rings is 1. The number of hydrogen-bond donors (Lipinski definition) is 2. The van der Waals surface area contributed by atoms with Gasteiger partial charge in [-0.15, -0.1) is 0 Å². The van der Waals surface area contributed by atoms with E-state index < -0.39 is 14.3 Å². The number of rotatable bonds is 5. The number of nitrogens with zero attached hydrogens (tertiary/aromatic N) is 3. The van der Waals surface area contributed by atoms with Crippen molar-refractivity contribution >= 4 is 31.2 Å². The van der Waals surface area contributed by atoms with Crippen molar-refractivity contribution in [2.45, 2.75) is 67.9 Å². The first kappa shape index (κ1) is 23.7. The third-order valence-electron chi connectivity index (χ3n) is 5.35. The molecule has 2 unspecified atom stereocenters. The average Bonchev–Trinajstić information content (AvgIpc) is 2.90. The van der Waals surface area contributed by atoms with E-state index in [-0.39, 0.29) is 28.1 Å². The summed E-state index contributed by atoms with van der Waals surface area (Å²) in [6.45, 7) is 17.6. The van der Waals surface area contributed by atoms with Crippen molar-refractivity contribution in [3.05, 3.63) is 29.2 Å². The lowest BCUT2D eigenvalue weighted by atomic mass is 9.84. The van der Waals surface area contributed by atoms with Gasteiger partial charge in [-0.25, -0.2) is 9.98 Å². The number of carbonyl (C=O) groups excluding carboxylic acids is 1. The molecule has 170 valence electrons. The molecular formula is C23H35N4O3P. The Morgan fingerprint density at radius 2 is 1.94 bits per heavy atom. The molecule has 7 nitrogen and oxygen atoms in total. The van der Waals surface area contributed by atoms with Crippen molar-refractivity contribution < 1.29 is 14.4 Å². The van der Waals surface area contributed by atoms with E-state index in [0.717, 1.165) is 17.3 Å². The summed E-state index contributed by atoms with van der Waals surface area (Å²) in [4.78, 5) is 24.4. The van der Waals surface area contributed by atoms with Gasteiger partial charge in [0.2, 0.25) is 0 Å². The lowest BCUT2D eigenvalue weighted by Crippen LogP contribution is -2.45. The largest absolute Gasteiger partial charge is 0.509 e. The van der Waals surface area contributed by atoms with E-state index in [1.54, 1.807) is 11.1 Å². The SMILES string of the molecule is CCOP1NC(C2=C(O)C(C(C)(C)C)N(CCC(C)(C)C)C2=O)=Nc2ncc(C)cc21. The standard InChI is InChI=1S/C23H35N4O3P/c1-9-30-31-15-12-14(2)13-24-19(15)25-20(26-31)16-17(28)18(23(6,7)8)27(21(16)29)11-10-22(3,4)5/h12-13,18,28H,9-11H2,1-8H3,(H,24,25,26). The quantitative estimate of drug-likeness (QED) is 0.650. The number of amides is 1. The van der Waals surface area contributed by atoms with Crippen LogP contribution in [-0.4, -0.2) is 45.9 Å². The van der Waals surface area contributed by atoms with Crippen molar-refractivity contribution in [1.82, 2.24) is 15.0 Å². The van der Waals surface area contributed by atoms with Gasteiger partial charge in [0.15, 0.2) is 14.1 Å². The number of aryl methyl sites for hydroxylation is 1. The van der Waals surface area contributed by atoms with E-state index >= 15 is 0 Å². The van der Waals surface area contributed by atoms with Crippen LogP contribution in [-0.2, 0) is 9.32 Å². The highest BCUT2D eigenvalue weighted by Gasteiger charge is 2.48. The summed E-state index contributed by atoms with van der Waals surface area (Å²) in [5.41, 5.74) is 0.999. The molecule has 31 heavy (non-hydrogen) atoms. The molecule has 3 heterocycles. The first-order valence-corrected chi connectivity index (χ1v) is 12.1. The van der Waals surface area contributed by atoms with E-state index in [0.29, 0.717) is 24.8 Å². The van der Waals surface area contributed by atoms with Crippen LogP contribution in [0.15, 0.2) is 28.6 Å². The smallest absolute Gasteiger partial charge is 0.261 e. The normalized spacial score (nSPS) is 21.9. The van der Waals surface area contributed by atoms with Crippen LogP contribution >= 0.6 is 8.30 Å². The molecule has 0 aromatic carbocycles. The molecule has 8 heteroatoms. The van der Waals surface area contributed by atoms with Crippen LogP contribution in [0.4, 0.5) is 5.82 Å². The number of nitrogens with one attached hydrogen (secondary N) is 1. The van der Waals surface area contributed by atoms with E-state index in [2.05, 4.69) is 35.8 Å². The van der Waals surface area contributed by atoms with Gasteiger partial charge in [-0.2, -0.15) is 0 Å². The number of aliphatic imine (C=N–C) groups is 1. The predicted molar refractivity (Wildman–Crippen MR) is 126 cm³/mol. The number of aliphatic hydroxyl groups excluding tert-OH is 1. The van der Waals surface area contributed by atoms with Gasteiger partial charge in [-0.05, 0) is 42.7 Å². The maximum Gasteiger partial charge on any atom is 0.261 e. The summed E-state index contributed by atoms with van der Waals surface area (Å²) in [5, 5.41) is 15.4. The van der Waals surface area contributed by atoms with Crippen LogP contribution in [0.1, 0.15) is 60.5 Å². The van der Waals surface area contributed by atoms with Gasteiger partial charge in [-0.3, -0.25) is 4.79 Å². The van der Waals surface area contributed by atoms with E-state index in [4.69, 9.17) is 4.52 Å². The minimum atomic E-state index is -1.24. The number of aliphatic hydroxyl groups is 1. The van der Waals surface area contributed by atoms with Crippen LogP contribution in [0.5, 0.6) is 0 Å². The predicted octanol–water partition coefficient (Wildman–Crippen LogP) is 4.50. The first-order chi connectivity index (χ1) is 14.3. The highest BCUT2D eigenvalue weighted by Crippen LogP contribution is 2.42. The molecule has 0 radical (unpaired) electrons. The van der Waals surface area contributed by atoms with Crippen LogP contribution in [0.25, 0.3) is 0 Å². The van der Waals surface area contributed by atoms with E-state index in [9.17, 15) is 9.90 Å². The van der Waals surface area contributed by atoms with Crippen LogP contribution in [0.3, 0.4) is 0 Å². The van der Waals surface area contributed by atoms with Crippen molar-refractivity contribution in [3.8, 4) is 0 Å². The summed E-state index contributed by atoms with van der Waals surface area (Å²) < 4.78 is 5.94. The fourth-order valence-corrected chi connectivity index (χ4v) is 5.40. The number of fused-ring (bicyclic) bond motifs is 1. The third kappa shape index (κ3) is 4.93. The zero-order valence-electron chi connectivity index (χ0n) is 19.9. The average molecular weight is 447 g/mol. The first-order valence-electron chi connectivity index (χ1n) is 10.8. The maximum absolute atomic E-state index is 13.6. The summed E-state index contributed by atoms with van der Waals surface area (Å²) >= 11 is 0. The van der Waals surface area contributed by atoms with Gasteiger partial charge < -0.3 is 19.6 Å².